The quantitative estimate of drug-likeness (QED) is 0.810. The Morgan fingerprint density at radius 1 is 1.40 bits per heavy atom. The molecule has 0 fully saturated rings. The van der Waals surface area contributed by atoms with Crippen molar-refractivity contribution in [3.05, 3.63) is 41.8 Å². The SMILES string of the molecule is Cn1nccc1-c1ccc(F)c(CN)c1. The van der Waals surface area contributed by atoms with Gasteiger partial charge in [0.2, 0.25) is 0 Å². The van der Waals surface area contributed by atoms with Crippen LogP contribution < -0.4 is 5.73 Å². The highest BCUT2D eigenvalue weighted by molar-refractivity contribution is 5.60. The predicted molar refractivity (Wildman–Crippen MR) is 56.5 cm³/mol. The molecule has 0 unspecified atom stereocenters. The van der Waals surface area contributed by atoms with Crippen LogP contribution in [0, 0.1) is 5.82 Å². The van der Waals surface area contributed by atoms with E-state index in [0.29, 0.717) is 5.56 Å². The van der Waals surface area contributed by atoms with Crippen molar-refractivity contribution >= 4 is 0 Å². The molecule has 1 aromatic heterocycles. The van der Waals surface area contributed by atoms with Crippen molar-refractivity contribution in [1.29, 1.82) is 0 Å². The fourth-order valence-corrected chi connectivity index (χ4v) is 1.55. The number of aromatic nitrogens is 2. The van der Waals surface area contributed by atoms with Gasteiger partial charge in [0.1, 0.15) is 5.82 Å². The van der Waals surface area contributed by atoms with Crippen LogP contribution in [0.1, 0.15) is 5.56 Å². The van der Waals surface area contributed by atoms with Crippen LogP contribution in [0.25, 0.3) is 11.3 Å². The second kappa shape index (κ2) is 3.82. The van der Waals surface area contributed by atoms with Crippen LogP contribution in [-0.4, -0.2) is 9.78 Å². The minimum Gasteiger partial charge on any atom is -0.326 e. The van der Waals surface area contributed by atoms with Crippen LogP contribution in [0.15, 0.2) is 30.5 Å². The zero-order chi connectivity index (χ0) is 10.8. The number of hydrogen-bond donors (Lipinski definition) is 1. The molecule has 0 atom stereocenters. The highest BCUT2D eigenvalue weighted by atomic mass is 19.1. The Labute approximate surface area is 87.3 Å². The number of hydrogen-bond acceptors (Lipinski definition) is 2. The zero-order valence-corrected chi connectivity index (χ0v) is 8.44. The van der Waals surface area contributed by atoms with Gasteiger partial charge in [-0.2, -0.15) is 5.10 Å². The lowest BCUT2D eigenvalue weighted by molar-refractivity contribution is 0.610. The Hall–Kier alpha value is -1.68. The first-order valence-electron chi connectivity index (χ1n) is 4.69. The summed E-state index contributed by atoms with van der Waals surface area (Å²) >= 11 is 0. The van der Waals surface area contributed by atoms with Crippen LogP contribution in [0.2, 0.25) is 0 Å². The van der Waals surface area contributed by atoms with Crippen LogP contribution in [0.5, 0.6) is 0 Å². The van der Waals surface area contributed by atoms with Crippen LogP contribution in [0.3, 0.4) is 0 Å². The Morgan fingerprint density at radius 3 is 2.80 bits per heavy atom. The van der Waals surface area contributed by atoms with Crippen molar-refractivity contribution in [2.24, 2.45) is 12.8 Å². The summed E-state index contributed by atoms with van der Waals surface area (Å²) in [6.45, 7) is 0.206. The molecule has 2 N–H and O–H groups in total. The molecule has 4 heteroatoms. The van der Waals surface area contributed by atoms with E-state index < -0.39 is 0 Å². The summed E-state index contributed by atoms with van der Waals surface area (Å²) in [5, 5.41) is 4.06. The molecule has 0 aliphatic carbocycles. The lowest BCUT2D eigenvalue weighted by Gasteiger charge is -2.05. The van der Waals surface area contributed by atoms with Crippen LogP contribution >= 0.6 is 0 Å². The van der Waals surface area contributed by atoms with Gasteiger partial charge in [-0.15, -0.1) is 0 Å². The molecule has 0 saturated carbocycles. The molecular formula is C11H12FN3. The monoisotopic (exact) mass is 205 g/mol. The third kappa shape index (κ3) is 1.76. The molecule has 0 saturated heterocycles. The van der Waals surface area contributed by atoms with Gasteiger partial charge in [0.25, 0.3) is 0 Å². The summed E-state index contributed by atoms with van der Waals surface area (Å²) in [5.74, 6) is -0.261. The molecule has 1 heterocycles. The van der Waals surface area contributed by atoms with Crippen LogP contribution in [0.4, 0.5) is 4.39 Å². The lowest BCUT2D eigenvalue weighted by atomic mass is 10.1. The highest BCUT2D eigenvalue weighted by Gasteiger charge is 2.06. The van der Waals surface area contributed by atoms with Gasteiger partial charge < -0.3 is 5.73 Å². The first-order valence-corrected chi connectivity index (χ1v) is 4.69. The van der Waals surface area contributed by atoms with Crippen molar-refractivity contribution in [2.75, 3.05) is 0 Å². The summed E-state index contributed by atoms with van der Waals surface area (Å²) < 4.78 is 15.0. The summed E-state index contributed by atoms with van der Waals surface area (Å²) in [5.41, 5.74) is 7.85. The summed E-state index contributed by atoms with van der Waals surface area (Å²) in [6, 6.07) is 6.80. The summed E-state index contributed by atoms with van der Waals surface area (Å²) in [7, 11) is 1.85. The average molecular weight is 205 g/mol. The van der Waals surface area contributed by atoms with E-state index in [2.05, 4.69) is 5.10 Å². The lowest BCUT2D eigenvalue weighted by Crippen LogP contribution is -2.01. The predicted octanol–water partition coefficient (Wildman–Crippen LogP) is 1.68. The molecule has 0 bridgehead atoms. The summed E-state index contributed by atoms with van der Waals surface area (Å²) in [4.78, 5) is 0. The van der Waals surface area contributed by atoms with Crippen molar-refractivity contribution in [3.63, 3.8) is 0 Å². The van der Waals surface area contributed by atoms with Crippen molar-refractivity contribution in [3.8, 4) is 11.3 Å². The Balaban J connectivity index is 2.51. The van der Waals surface area contributed by atoms with Gasteiger partial charge in [-0.3, -0.25) is 4.68 Å². The van der Waals surface area contributed by atoms with Gasteiger partial charge in [0.05, 0.1) is 5.69 Å². The maximum Gasteiger partial charge on any atom is 0.127 e. The van der Waals surface area contributed by atoms with Crippen molar-refractivity contribution in [1.82, 2.24) is 9.78 Å². The van der Waals surface area contributed by atoms with Gasteiger partial charge in [-0.05, 0) is 24.3 Å². The number of nitrogens with zero attached hydrogens (tertiary/aromatic N) is 2. The van der Waals surface area contributed by atoms with E-state index in [0.717, 1.165) is 11.3 Å². The van der Waals surface area contributed by atoms with E-state index in [1.54, 1.807) is 23.0 Å². The molecule has 2 rings (SSSR count). The molecule has 2 aromatic rings. The molecule has 0 aliphatic heterocycles. The molecule has 1 aromatic carbocycles. The maximum absolute atomic E-state index is 13.2. The Kier molecular flexibility index (Phi) is 2.51. The first-order chi connectivity index (χ1) is 7.22. The van der Waals surface area contributed by atoms with E-state index in [1.165, 1.54) is 6.07 Å². The standard InChI is InChI=1S/C11H12FN3/c1-15-11(4-5-14-15)8-2-3-10(12)9(6-8)7-13/h2-6H,7,13H2,1H3. The molecule has 0 amide bonds. The Morgan fingerprint density at radius 2 is 2.20 bits per heavy atom. The van der Waals surface area contributed by atoms with E-state index >= 15 is 0 Å². The summed E-state index contributed by atoms with van der Waals surface area (Å²) in [6.07, 6.45) is 1.71. The topological polar surface area (TPSA) is 43.8 Å². The van der Waals surface area contributed by atoms with Gasteiger partial charge in [0.15, 0.2) is 0 Å². The largest absolute Gasteiger partial charge is 0.326 e. The number of aryl methyl sites for hydroxylation is 1. The molecular weight excluding hydrogens is 193 g/mol. The van der Waals surface area contributed by atoms with E-state index in [4.69, 9.17) is 5.73 Å². The Bertz CT molecular complexity index is 476. The maximum atomic E-state index is 13.2. The van der Waals surface area contributed by atoms with Gasteiger partial charge in [0, 0.05) is 30.9 Å². The molecule has 0 radical (unpaired) electrons. The van der Waals surface area contributed by atoms with Crippen molar-refractivity contribution < 1.29 is 4.39 Å². The normalized spacial score (nSPS) is 10.6. The molecule has 15 heavy (non-hydrogen) atoms. The third-order valence-corrected chi connectivity index (χ3v) is 2.38. The fourth-order valence-electron chi connectivity index (χ4n) is 1.55. The number of benzene rings is 1. The number of nitrogens with two attached hydrogens (primary N) is 1. The third-order valence-electron chi connectivity index (χ3n) is 2.38. The molecule has 3 nitrogen and oxygen atoms in total. The van der Waals surface area contributed by atoms with E-state index in [1.807, 2.05) is 13.1 Å². The molecule has 0 spiro atoms. The smallest absolute Gasteiger partial charge is 0.127 e. The van der Waals surface area contributed by atoms with E-state index in [-0.39, 0.29) is 12.4 Å². The minimum atomic E-state index is -0.261. The average Bonchev–Trinajstić information content (AvgIpc) is 2.65. The first kappa shape index (κ1) is 9.86. The van der Waals surface area contributed by atoms with Gasteiger partial charge in [-0.25, -0.2) is 4.39 Å². The number of rotatable bonds is 2. The van der Waals surface area contributed by atoms with Gasteiger partial charge >= 0.3 is 0 Å². The minimum absolute atomic E-state index is 0.206. The van der Waals surface area contributed by atoms with Crippen molar-refractivity contribution in [2.45, 2.75) is 6.54 Å². The van der Waals surface area contributed by atoms with Gasteiger partial charge in [-0.1, -0.05) is 0 Å². The zero-order valence-electron chi connectivity index (χ0n) is 8.44. The second-order valence-electron chi connectivity index (χ2n) is 3.35. The van der Waals surface area contributed by atoms with Crippen LogP contribution in [-0.2, 0) is 13.6 Å². The second-order valence-corrected chi connectivity index (χ2v) is 3.35. The highest BCUT2D eigenvalue weighted by Crippen LogP contribution is 2.20. The molecule has 78 valence electrons. The fraction of sp³-hybridized carbons (Fsp3) is 0.182. The van der Waals surface area contributed by atoms with E-state index in [9.17, 15) is 4.39 Å². The number of halogens is 1. The molecule has 0 aliphatic rings.